The quantitative estimate of drug-likeness (QED) is 0.762. The molecule has 1 rings (SSSR count). The van der Waals surface area contributed by atoms with Crippen molar-refractivity contribution in [3.8, 4) is 12.3 Å². The number of carboxylic acid groups (broad SMARTS) is 1. The first-order valence-corrected chi connectivity index (χ1v) is 5.15. The molecule has 0 fully saturated rings. The lowest BCUT2D eigenvalue weighted by atomic mass is 10.1. The van der Waals surface area contributed by atoms with Gasteiger partial charge in [0.2, 0.25) is 0 Å². The molecule has 0 aliphatic heterocycles. The van der Waals surface area contributed by atoms with Crippen molar-refractivity contribution in [2.45, 2.75) is 26.3 Å². The standard InChI is InChI=1S/C13H15NO2/c1-4-10(5-2)14-12-7-6-9(3)8-11(12)13(15)16/h1,6-8,10,14H,5H2,2-3H3,(H,15,16). The maximum Gasteiger partial charge on any atom is 0.337 e. The lowest BCUT2D eigenvalue weighted by Crippen LogP contribution is -2.18. The number of carboxylic acids is 1. The summed E-state index contributed by atoms with van der Waals surface area (Å²) < 4.78 is 0. The predicted molar refractivity (Wildman–Crippen MR) is 64.7 cm³/mol. The van der Waals surface area contributed by atoms with Gasteiger partial charge >= 0.3 is 5.97 Å². The van der Waals surface area contributed by atoms with E-state index in [-0.39, 0.29) is 11.6 Å². The first-order valence-electron chi connectivity index (χ1n) is 5.15. The van der Waals surface area contributed by atoms with Crippen LogP contribution in [-0.4, -0.2) is 17.1 Å². The number of benzene rings is 1. The summed E-state index contributed by atoms with van der Waals surface area (Å²) in [5, 5.41) is 12.1. The number of nitrogens with one attached hydrogen (secondary N) is 1. The summed E-state index contributed by atoms with van der Waals surface area (Å²) in [5.41, 5.74) is 1.74. The third-order valence-electron chi connectivity index (χ3n) is 2.34. The Morgan fingerprint density at radius 2 is 2.31 bits per heavy atom. The second kappa shape index (κ2) is 5.22. The molecule has 0 aliphatic carbocycles. The fourth-order valence-corrected chi connectivity index (χ4v) is 1.41. The summed E-state index contributed by atoms with van der Waals surface area (Å²) in [7, 11) is 0. The minimum Gasteiger partial charge on any atom is -0.478 e. The average Bonchev–Trinajstić information content (AvgIpc) is 2.27. The Balaban J connectivity index is 3.04. The SMILES string of the molecule is C#CC(CC)Nc1ccc(C)cc1C(=O)O. The van der Waals surface area contributed by atoms with Crippen LogP contribution in [0.2, 0.25) is 0 Å². The Hall–Kier alpha value is -1.95. The molecule has 0 spiro atoms. The highest BCUT2D eigenvalue weighted by molar-refractivity contribution is 5.94. The van der Waals surface area contributed by atoms with Crippen LogP contribution < -0.4 is 5.32 Å². The average molecular weight is 217 g/mol. The molecular formula is C13H15NO2. The summed E-state index contributed by atoms with van der Waals surface area (Å²) >= 11 is 0. The van der Waals surface area contributed by atoms with Gasteiger partial charge in [0.15, 0.2) is 0 Å². The number of rotatable bonds is 4. The van der Waals surface area contributed by atoms with Crippen molar-refractivity contribution in [2.75, 3.05) is 5.32 Å². The van der Waals surface area contributed by atoms with Crippen LogP contribution in [0.5, 0.6) is 0 Å². The normalized spacial score (nSPS) is 11.6. The predicted octanol–water partition coefficient (Wildman–Crippen LogP) is 2.52. The second-order valence-electron chi connectivity index (χ2n) is 3.63. The molecule has 2 N–H and O–H groups in total. The molecule has 0 bridgehead atoms. The smallest absolute Gasteiger partial charge is 0.337 e. The molecule has 16 heavy (non-hydrogen) atoms. The zero-order valence-electron chi connectivity index (χ0n) is 9.45. The molecule has 0 radical (unpaired) electrons. The van der Waals surface area contributed by atoms with E-state index in [1.165, 1.54) is 0 Å². The lowest BCUT2D eigenvalue weighted by Gasteiger charge is -2.14. The Bertz CT molecular complexity index is 432. The van der Waals surface area contributed by atoms with E-state index in [2.05, 4.69) is 11.2 Å². The van der Waals surface area contributed by atoms with Crippen molar-refractivity contribution in [3.63, 3.8) is 0 Å². The van der Waals surface area contributed by atoms with Crippen molar-refractivity contribution in [3.05, 3.63) is 29.3 Å². The second-order valence-corrected chi connectivity index (χ2v) is 3.63. The Morgan fingerprint density at radius 3 is 2.81 bits per heavy atom. The number of aryl methyl sites for hydroxylation is 1. The van der Waals surface area contributed by atoms with E-state index in [0.717, 1.165) is 12.0 Å². The molecule has 3 nitrogen and oxygen atoms in total. The van der Waals surface area contributed by atoms with E-state index in [9.17, 15) is 4.79 Å². The molecule has 1 atom stereocenters. The van der Waals surface area contributed by atoms with E-state index in [1.807, 2.05) is 19.9 Å². The van der Waals surface area contributed by atoms with Gasteiger partial charge in [-0.25, -0.2) is 4.79 Å². The summed E-state index contributed by atoms with van der Waals surface area (Å²) in [6.07, 6.45) is 6.08. The maximum absolute atomic E-state index is 11.0. The molecule has 3 heteroatoms. The number of hydrogen-bond donors (Lipinski definition) is 2. The van der Waals surface area contributed by atoms with Crippen LogP contribution in [-0.2, 0) is 0 Å². The Morgan fingerprint density at radius 1 is 1.62 bits per heavy atom. The fourth-order valence-electron chi connectivity index (χ4n) is 1.41. The number of terminal acetylenes is 1. The van der Waals surface area contributed by atoms with Crippen LogP contribution in [0.15, 0.2) is 18.2 Å². The number of aromatic carboxylic acids is 1. The van der Waals surface area contributed by atoms with E-state index in [1.54, 1.807) is 12.1 Å². The number of hydrogen-bond acceptors (Lipinski definition) is 2. The molecule has 84 valence electrons. The van der Waals surface area contributed by atoms with E-state index < -0.39 is 5.97 Å². The van der Waals surface area contributed by atoms with Crippen molar-refractivity contribution in [1.29, 1.82) is 0 Å². The first-order chi connectivity index (χ1) is 7.58. The molecule has 1 aromatic carbocycles. The third kappa shape index (κ3) is 2.77. The number of carbonyl (C=O) groups is 1. The van der Waals surface area contributed by atoms with E-state index in [4.69, 9.17) is 11.5 Å². The summed E-state index contributed by atoms with van der Waals surface area (Å²) in [5.74, 6) is 1.63. The molecular weight excluding hydrogens is 202 g/mol. The minimum atomic E-state index is -0.946. The summed E-state index contributed by atoms with van der Waals surface area (Å²) in [6, 6.07) is 5.10. The van der Waals surface area contributed by atoms with Gasteiger partial charge in [-0.3, -0.25) is 0 Å². The van der Waals surface area contributed by atoms with Crippen LogP contribution in [0.1, 0.15) is 29.3 Å². The highest BCUT2D eigenvalue weighted by atomic mass is 16.4. The molecule has 0 aliphatic rings. The van der Waals surface area contributed by atoms with E-state index in [0.29, 0.717) is 5.69 Å². The van der Waals surface area contributed by atoms with Gasteiger partial charge in [-0.2, -0.15) is 0 Å². The fraction of sp³-hybridized carbons (Fsp3) is 0.308. The molecule has 0 heterocycles. The van der Waals surface area contributed by atoms with Gasteiger partial charge in [-0.15, -0.1) is 6.42 Å². The third-order valence-corrected chi connectivity index (χ3v) is 2.34. The molecule has 0 amide bonds. The zero-order chi connectivity index (χ0) is 12.1. The molecule has 0 saturated heterocycles. The van der Waals surface area contributed by atoms with Crippen molar-refractivity contribution in [1.82, 2.24) is 0 Å². The highest BCUT2D eigenvalue weighted by Gasteiger charge is 2.12. The van der Waals surface area contributed by atoms with Gasteiger partial charge in [0.25, 0.3) is 0 Å². The lowest BCUT2D eigenvalue weighted by molar-refractivity contribution is 0.0698. The molecule has 0 aromatic heterocycles. The van der Waals surface area contributed by atoms with Gasteiger partial charge in [0.1, 0.15) is 0 Å². The summed E-state index contributed by atoms with van der Waals surface area (Å²) in [4.78, 5) is 11.0. The van der Waals surface area contributed by atoms with Crippen LogP contribution in [0.25, 0.3) is 0 Å². The van der Waals surface area contributed by atoms with Crippen LogP contribution in [0.4, 0.5) is 5.69 Å². The molecule has 1 unspecified atom stereocenters. The summed E-state index contributed by atoms with van der Waals surface area (Å²) in [6.45, 7) is 3.81. The largest absolute Gasteiger partial charge is 0.478 e. The van der Waals surface area contributed by atoms with Crippen LogP contribution in [0, 0.1) is 19.3 Å². The first kappa shape index (κ1) is 12.1. The molecule has 0 saturated carbocycles. The van der Waals surface area contributed by atoms with Gasteiger partial charge in [0.05, 0.1) is 11.6 Å². The maximum atomic E-state index is 11.0. The number of anilines is 1. The van der Waals surface area contributed by atoms with Crippen molar-refractivity contribution in [2.24, 2.45) is 0 Å². The van der Waals surface area contributed by atoms with Crippen molar-refractivity contribution < 1.29 is 9.90 Å². The Labute approximate surface area is 95.5 Å². The Kier molecular flexibility index (Phi) is 3.96. The monoisotopic (exact) mass is 217 g/mol. The van der Waals surface area contributed by atoms with E-state index >= 15 is 0 Å². The van der Waals surface area contributed by atoms with Gasteiger partial charge in [-0.1, -0.05) is 24.5 Å². The minimum absolute atomic E-state index is 0.138. The van der Waals surface area contributed by atoms with Gasteiger partial charge < -0.3 is 10.4 Å². The highest BCUT2D eigenvalue weighted by Crippen LogP contribution is 2.18. The topological polar surface area (TPSA) is 49.3 Å². The van der Waals surface area contributed by atoms with Gasteiger partial charge in [0, 0.05) is 5.69 Å². The molecule has 1 aromatic rings. The van der Waals surface area contributed by atoms with Crippen molar-refractivity contribution >= 4 is 11.7 Å². The van der Waals surface area contributed by atoms with Gasteiger partial charge in [-0.05, 0) is 25.5 Å². The van der Waals surface area contributed by atoms with Crippen LogP contribution in [0.3, 0.4) is 0 Å². The van der Waals surface area contributed by atoms with Crippen LogP contribution >= 0.6 is 0 Å². The zero-order valence-corrected chi connectivity index (χ0v) is 9.45.